The molecule has 138 valence electrons. The molecule has 0 aliphatic carbocycles. The summed E-state index contributed by atoms with van der Waals surface area (Å²) in [6.45, 7) is 1.93. The van der Waals surface area contributed by atoms with Gasteiger partial charge < -0.3 is 14.8 Å². The van der Waals surface area contributed by atoms with E-state index >= 15 is 0 Å². The van der Waals surface area contributed by atoms with Gasteiger partial charge in [-0.15, -0.1) is 11.8 Å². The van der Waals surface area contributed by atoms with E-state index < -0.39 is 4.92 Å². The first-order valence-electron chi connectivity index (χ1n) is 7.78. The molecule has 0 bridgehead atoms. The molecule has 0 saturated heterocycles. The van der Waals surface area contributed by atoms with Gasteiger partial charge >= 0.3 is 5.69 Å². The summed E-state index contributed by atoms with van der Waals surface area (Å²) in [5, 5.41) is 13.9. The van der Waals surface area contributed by atoms with Crippen molar-refractivity contribution in [2.75, 3.05) is 25.3 Å². The minimum absolute atomic E-state index is 0.0838. The van der Waals surface area contributed by atoms with Crippen LogP contribution in [0.25, 0.3) is 0 Å². The van der Waals surface area contributed by atoms with Gasteiger partial charge in [0.2, 0.25) is 5.91 Å². The second-order valence-electron chi connectivity index (χ2n) is 5.51. The molecule has 0 spiro atoms. The molecule has 0 atom stereocenters. The number of aryl methyl sites for hydroxylation is 1. The second-order valence-corrected chi connectivity index (χ2v) is 6.49. The van der Waals surface area contributed by atoms with Crippen LogP contribution in [-0.4, -0.2) is 30.8 Å². The second kappa shape index (κ2) is 9.10. The van der Waals surface area contributed by atoms with Crippen LogP contribution in [0.5, 0.6) is 11.5 Å². The molecule has 1 N–H and O–H groups in total. The van der Waals surface area contributed by atoms with Crippen LogP contribution in [-0.2, 0) is 10.5 Å². The van der Waals surface area contributed by atoms with Crippen LogP contribution in [0.1, 0.15) is 11.1 Å². The van der Waals surface area contributed by atoms with Crippen LogP contribution in [0.3, 0.4) is 0 Å². The molecule has 0 unspecified atom stereocenters. The molecule has 7 nitrogen and oxygen atoms in total. The van der Waals surface area contributed by atoms with Crippen molar-refractivity contribution in [2.24, 2.45) is 0 Å². The Bertz CT molecular complexity index is 810. The standard InChI is InChI=1S/C18H20N2O5S/c1-12-4-6-16(24-2)14(8-12)19-18(21)11-26-10-13-5-7-17(25-3)15(9-13)20(22)23/h4-9H,10-11H2,1-3H3,(H,19,21). The number of hydrogen-bond acceptors (Lipinski definition) is 6. The molecule has 8 heteroatoms. The predicted octanol–water partition coefficient (Wildman–Crippen LogP) is 3.79. The van der Waals surface area contributed by atoms with Crippen LogP contribution in [0.4, 0.5) is 11.4 Å². The Morgan fingerprint density at radius 2 is 1.85 bits per heavy atom. The Labute approximate surface area is 155 Å². The fourth-order valence-electron chi connectivity index (χ4n) is 2.34. The third kappa shape index (κ3) is 5.13. The SMILES string of the molecule is COc1ccc(C)cc1NC(=O)CSCc1ccc(OC)c([N+](=O)[O-])c1. The third-order valence-corrected chi connectivity index (χ3v) is 4.57. The summed E-state index contributed by atoms with van der Waals surface area (Å²) in [7, 11) is 2.94. The summed E-state index contributed by atoms with van der Waals surface area (Å²) in [5.74, 6) is 1.34. The first-order chi connectivity index (χ1) is 12.4. The molecule has 0 heterocycles. The number of carbonyl (C=O) groups excluding carboxylic acids is 1. The maximum Gasteiger partial charge on any atom is 0.311 e. The first-order valence-corrected chi connectivity index (χ1v) is 8.93. The monoisotopic (exact) mass is 376 g/mol. The Morgan fingerprint density at radius 3 is 2.50 bits per heavy atom. The molecule has 0 saturated carbocycles. The molecular formula is C18H20N2O5S. The maximum absolute atomic E-state index is 12.1. The van der Waals surface area contributed by atoms with Gasteiger partial charge in [0.05, 0.1) is 30.6 Å². The molecule has 2 rings (SSSR count). The van der Waals surface area contributed by atoms with Gasteiger partial charge in [0.25, 0.3) is 0 Å². The number of nitrogens with one attached hydrogen (secondary N) is 1. The van der Waals surface area contributed by atoms with Crippen molar-refractivity contribution in [1.29, 1.82) is 0 Å². The van der Waals surface area contributed by atoms with Crippen LogP contribution in [0, 0.1) is 17.0 Å². The number of rotatable bonds is 8. The van der Waals surface area contributed by atoms with E-state index in [1.165, 1.54) is 24.9 Å². The number of thioether (sulfide) groups is 1. The average Bonchev–Trinajstić information content (AvgIpc) is 2.61. The van der Waals surface area contributed by atoms with Crippen LogP contribution >= 0.6 is 11.8 Å². The number of ether oxygens (including phenoxy) is 2. The molecule has 0 aliphatic heterocycles. The Balaban J connectivity index is 1.94. The summed E-state index contributed by atoms with van der Waals surface area (Å²) in [4.78, 5) is 22.7. The van der Waals surface area contributed by atoms with E-state index in [2.05, 4.69) is 5.32 Å². The van der Waals surface area contributed by atoms with Crippen molar-refractivity contribution >= 4 is 29.0 Å². The number of anilines is 1. The van der Waals surface area contributed by atoms with Crippen molar-refractivity contribution < 1.29 is 19.2 Å². The fourth-order valence-corrected chi connectivity index (χ4v) is 3.11. The molecular weight excluding hydrogens is 356 g/mol. The lowest BCUT2D eigenvalue weighted by Gasteiger charge is -2.11. The largest absolute Gasteiger partial charge is 0.495 e. The summed E-state index contributed by atoms with van der Waals surface area (Å²) in [6, 6.07) is 10.3. The maximum atomic E-state index is 12.1. The van der Waals surface area contributed by atoms with Crippen LogP contribution in [0.15, 0.2) is 36.4 Å². The van der Waals surface area contributed by atoms with Crippen molar-refractivity contribution in [2.45, 2.75) is 12.7 Å². The number of benzene rings is 2. The Kier molecular flexibility index (Phi) is 6.85. The minimum Gasteiger partial charge on any atom is -0.495 e. The zero-order chi connectivity index (χ0) is 19.1. The van der Waals surface area contributed by atoms with E-state index in [1.54, 1.807) is 25.3 Å². The third-order valence-electron chi connectivity index (χ3n) is 3.57. The number of nitro benzene ring substituents is 1. The van der Waals surface area contributed by atoms with Gasteiger partial charge in [-0.25, -0.2) is 0 Å². The topological polar surface area (TPSA) is 90.7 Å². The molecule has 0 radical (unpaired) electrons. The number of carbonyl (C=O) groups is 1. The van der Waals surface area contributed by atoms with E-state index in [1.807, 2.05) is 19.1 Å². The first kappa shape index (κ1) is 19.6. The quantitative estimate of drug-likeness (QED) is 0.557. The van der Waals surface area contributed by atoms with Gasteiger partial charge in [0.15, 0.2) is 5.75 Å². The van der Waals surface area contributed by atoms with Crippen molar-refractivity contribution in [1.82, 2.24) is 0 Å². The van der Waals surface area contributed by atoms with Crippen molar-refractivity contribution in [3.63, 3.8) is 0 Å². The summed E-state index contributed by atoms with van der Waals surface area (Å²) >= 11 is 1.37. The number of amides is 1. The van der Waals surface area contributed by atoms with Crippen LogP contribution < -0.4 is 14.8 Å². The van der Waals surface area contributed by atoms with Crippen LogP contribution in [0.2, 0.25) is 0 Å². The van der Waals surface area contributed by atoms with E-state index in [9.17, 15) is 14.9 Å². The van der Waals surface area contributed by atoms with Gasteiger partial charge in [0.1, 0.15) is 5.75 Å². The van der Waals surface area contributed by atoms with Gasteiger partial charge in [0, 0.05) is 11.8 Å². The highest BCUT2D eigenvalue weighted by Gasteiger charge is 2.15. The number of nitrogens with zero attached hydrogens (tertiary/aromatic N) is 1. The normalized spacial score (nSPS) is 10.3. The van der Waals surface area contributed by atoms with E-state index in [-0.39, 0.29) is 23.1 Å². The molecule has 0 fully saturated rings. The highest BCUT2D eigenvalue weighted by molar-refractivity contribution is 7.99. The highest BCUT2D eigenvalue weighted by atomic mass is 32.2. The molecule has 0 aliphatic rings. The summed E-state index contributed by atoms with van der Waals surface area (Å²) < 4.78 is 10.2. The lowest BCUT2D eigenvalue weighted by molar-refractivity contribution is -0.385. The molecule has 1 amide bonds. The molecule has 2 aromatic rings. The molecule has 0 aromatic heterocycles. The lowest BCUT2D eigenvalue weighted by atomic mass is 10.2. The van der Waals surface area contributed by atoms with Gasteiger partial charge in [-0.3, -0.25) is 14.9 Å². The predicted molar refractivity (Wildman–Crippen MR) is 102 cm³/mol. The zero-order valence-electron chi connectivity index (χ0n) is 14.8. The number of methoxy groups -OCH3 is 2. The van der Waals surface area contributed by atoms with Gasteiger partial charge in [-0.05, 0) is 36.2 Å². The fraction of sp³-hybridized carbons (Fsp3) is 0.278. The smallest absolute Gasteiger partial charge is 0.311 e. The minimum atomic E-state index is -0.482. The summed E-state index contributed by atoms with van der Waals surface area (Å²) in [5.41, 5.74) is 2.31. The molecule has 26 heavy (non-hydrogen) atoms. The van der Waals surface area contributed by atoms with E-state index in [4.69, 9.17) is 9.47 Å². The molecule has 2 aromatic carbocycles. The Morgan fingerprint density at radius 1 is 1.15 bits per heavy atom. The summed E-state index contributed by atoms with van der Waals surface area (Å²) in [6.07, 6.45) is 0. The van der Waals surface area contributed by atoms with E-state index in [0.717, 1.165) is 11.1 Å². The Hall–Kier alpha value is -2.74. The van der Waals surface area contributed by atoms with Gasteiger partial charge in [-0.2, -0.15) is 0 Å². The zero-order valence-corrected chi connectivity index (χ0v) is 15.6. The lowest BCUT2D eigenvalue weighted by Crippen LogP contribution is -2.15. The van der Waals surface area contributed by atoms with Crippen molar-refractivity contribution in [3.8, 4) is 11.5 Å². The average molecular weight is 376 g/mol. The highest BCUT2D eigenvalue weighted by Crippen LogP contribution is 2.29. The van der Waals surface area contributed by atoms with E-state index in [0.29, 0.717) is 17.2 Å². The number of nitro groups is 1. The van der Waals surface area contributed by atoms with Crippen molar-refractivity contribution in [3.05, 3.63) is 57.6 Å². The van der Waals surface area contributed by atoms with Gasteiger partial charge in [-0.1, -0.05) is 12.1 Å². The number of hydrogen-bond donors (Lipinski definition) is 1.